The van der Waals surface area contributed by atoms with Gasteiger partial charge in [0, 0.05) is 38.4 Å². The molecule has 0 bridgehead atoms. The second-order valence-corrected chi connectivity index (χ2v) is 6.47. The number of piperazine rings is 1. The minimum absolute atomic E-state index is 0.0855. The number of morpholine rings is 1. The molecule has 1 aromatic carbocycles. The van der Waals surface area contributed by atoms with Crippen LogP contribution in [0.25, 0.3) is 0 Å². The van der Waals surface area contributed by atoms with Crippen LogP contribution < -0.4 is 9.64 Å². The summed E-state index contributed by atoms with van der Waals surface area (Å²) in [4.78, 5) is 29.5. The Morgan fingerprint density at radius 2 is 1.96 bits per heavy atom. The van der Waals surface area contributed by atoms with Crippen molar-refractivity contribution in [3.8, 4) is 5.75 Å². The van der Waals surface area contributed by atoms with Crippen LogP contribution in [0.3, 0.4) is 0 Å². The summed E-state index contributed by atoms with van der Waals surface area (Å²) in [6.45, 7) is 4.27. The molecule has 134 valence electrons. The smallest absolute Gasteiger partial charge is 0.407 e. The van der Waals surface area contributed by atoms with E-state index in [2.05, 4.69) is 4.90 Å². The Kier molecular flexibility index (Phi) is 4.12. The molecule has 1 atom stereocenters. The highest BCUT2D eigenvalue weighted by Gasteiger charge is 2.37. The number of fused-ring (bicyclic) bond motifs is 2. The minimum Gasteiger partial charge on any atom is -0.491 e. The lowest BCUT2D eigenvalue weighted by Crippen LogP contribution is -2.57. The van der Waals surface area contributed by atoms with E-state index in [4.69, 9.17) is 9.47 Å². The number of nitrogens with zero attached hydrogens (tertiary/aromatic N) is 3. The molecule has 0 radical (unpaired) electrons. The number of rotatable bonds is 1. The first kappa shape index (κ1) is 16.0. The van der Waals surface area contributed by atoms with E-state index in [1.54, 1.807) is 4.90 Å². The summed E-state index contributed by atoms with van der Waals surface area (Å²) in [6, 6.07) is 5.43. The maximum Gasteiger partial charge on any atom is 0.407 e. The van der Waals surface area contributed by atoms with Gasteiger partial charge in [0.2, 0.25) is 0 Å². The van der Waals surface area contributed by atoms with Gasteiger partial charge >= 0.3 is 6.09 Å². The minimum atomic E-state index is -0.955. The van der Waals surface area contributed by atoms with E-state index in [1.807, 2.05) is 18.2 Å². The third-order valence-corrected chi connectivity index (χ3v) is 5.02. The molecular weight excluding hydrogens is 326 g/mol. The van der Waals surface area contributed by atoms with Crippen LogP contribution in [0, 0.1) is 0 Å². The van der Waals surface area contributed by atoms with Crippen molar-refractivity contribution < 1.29 is 24.2 Å². The van der Waals surface area contributed by atoms with Gasteiger partial charge < -0.3 is 29.3 Å². The van der Waals surface area contributed by atoms with Gasteiger partial charge in [-0.15, -0.1) is 0 Å². The molecule has 0 aliphatic carbocycles. The fourth-order valence-electron chi connectivity index (χ4n) is 3.61. The van der Waals surface area contributed by atoms with E-state index in [0.717, 1.165) is 18.8 Å². The van der Waals surface area contributed by atoms with Crippen LogP contribution in [0.4, 0.5) is 10.5 Å². The highest BCUT2D eigenvalue weighted by molar-refractivity contribution is 5.98. The number of anilines is 1. The van der Waals surface area contributed by atoms with Crippen LogP contribution in [0.2, 0.25) is 0 Å². The van der Waals surface area contributed by atoms with Gasteiger partial charge in [-0.1, -0.05) is 0 Å². The molecule has 25 heavy (non-hydrogen) atoms. The summed E-state index contributed by atoms with van der Waals surface area (Å²) in [5, 5.41) is 9.18. The van der Waals surface area contributed by atoms with E-state index >= 15 is 0 Å². The fraction of sp³-hybridized carbons (Fsp3) is 0.529. The van der Waals surface area contributed by atoms with Crippen molar-refractivity contribution in [1.29, 1.82) is 0 Å². The van der Waals surface area contributed by atoms with Crippen molar-refractivity contribution >= 4 is 17.7 Å². The third-order valence-electron chi connectivity index (χ3n) is 5.02. The maximum absolute atomic E-state index is 13.0. The lowest BCUT2D eigenvalue weighted by atomic mass is 10.1. The molecule has 1 unspecified atom stereocenters. The summed E-state index contributed by atoms with van der Waals surface area (Å²) >= 11 is 0. The zero-order valence-corrected chi connectivity index (χ0v) is 13.9. The van der Waals surface area contributed by atoms with E-state index in [-0.39, 0.29) is 18.5 Å². The van der Waals surface area contributed by atoms with Crippen LogP contribution in [-0.4, -0.2) is 85.5 Å². The molecule has 3 aliphatic heterocycles. The zero-order valence-electron chi connectivity index (χ0n) is 13.9. The Hall–Kier alpha value is -2.48. The first-order valence-electron chi connectivity index (χ1n) is 8.52. The summed E-state index contributed by atoms with van der Waals surface area (Å²) < 4.78 is 11.2. The molecule has 1 N–H and O–H groups in total. The average Bonchev–Trinajstić information content (AvgIpc) is 2.79. The van der Waals surface area contributed by atoms with Crippen LogP contribution in [0.1, 0.15) is 10.4 Å². The molecule has 1 aromatic rings. The SMILES string of the molecule is O=C(O)N1CCN2C(=O)c3cc(N4CCOCC4)ccc3OCC2C1. The van der Waals surface area contributed by atoms with Gasteiger partial charge in [0.05, 0.1) is 24.8 Å². The van der Waals surface area contributed by atoms with Crippen LogP contribution in [-0.2, 0) is 4.74 Å². The Labute approximate surface area is 145 Å². The standard InChI is InChI=1S/C17H21N3O5/c21-16-14-9-12(18-5-7-24-8-6-18)1-2-15(14)25-11-13-10-19(17(22)23)3-4-20(13)16/h1-2,9,13H,3-8,10-11H2,(H,22,23). The van der Waals surface area contributed by atoms with Gasteiger partial charge in [-0.25, -0.2) is 4.79 Å². The molecule has 2 saturated heterocycles. The largest absolute Gasteiger partial charge is 0.491 e. The highest BCUT2D eigenvalue weighted by atomic mass is 16.5. The summed E-state index contributed by atoms with van der Waals surface area (Å²) in [5.41, 5.74) is 1.54. The number of carboxylic acid groups (broad SMARTS) is 1. The molecule has 3 heterocycles. The summed E-state index contributed by atoms with van der Waals surface area (Å²) in [6.07, 6.45) is -0.955. The van der Waals surface area contributed by atoms with Gasteiger partial charge in [-0.2, -0.15) is 0 Å². The number of hydrogen-bond acceptors (Lipinski definition) is 5. The lowest BCUT2D eigenvalue weighted by molar-refractivity contribution is 0.0390. The summed E-state index contributed by atoms with van der Waals surface area (Å²) in [5.74, 6) is 0.482. The third kappa shape index (κ3) is 2.97. The van der Waals surface area contributed by atoms with Crippen molar-refractivity contribution in [2.45, 2.75) is 6.04 Å². The second kappa shape index (κ2) is 6.44. The second-order valence-electron chi connectivity index (χ2n) is 6.47. The molecule has 8 nitrogen and oxygen atoms in total. The van der Waals surface area contributed by atoms with E-state index in [9.17, 15) is 14.7 Å². The molecule has 2 amide bonds. The molecule has 0 saturated carbocycles. The molecule has 4 rings (SSSR count). The quantitative estimate of drug-likeness (QED) is 0.806. The monoisotopic (exact) mass is 347 g/mol. The number of amides is 2. The number of carbonyl (C=O) groups excluding carboxylic acids is 1. The van der Waals surface area contributed by atoms with E-state index in [0.29, 0.717) is 44.2 Å². The Morgan fingerprint density at radius 3 is 2.72 bits per heavy atom. The maximum atomic E-state index is 13.0. The van der Waals surface area contributed by atoms with Crippen LogP contribution >= 0.6 is 0 Å². The average molecular weight is 347 g/mol. The number of carbonyl (C=O) groups is 2. The Balaban J connectivity index is 1.59. The molecule has 0 aromatic heterocycles. The highest BCUT2D eigenvalue weighted by Crippen LogP contribution is 2.31. The van der Waals surface area contributed by atoms with Crippen LogP contribution in [0.5, 0.6) is 5.75 Å². The van der Waals surface area contributed by atoms with Crippen LogP contribution in [0.15, 0.2) is 18.2 Å². The number of hydrogen-bond donors (Lipinski definition) is 1. The Bertz CT molecular complexity index is 689. The molecule has 0 spiro atoms. The predicted molar refractivity (Wildman–Crippen MR) is 89.4 cm³/mol. The van der Waals surface area contributed by atoms with Gasteiger partial charge in [0.1, 0.15) is 12.4 Å². The van der Waals surface area contributed by atoms with Gasteiger partial charge in [0.15, 0.2) is 0 Å². The topological polar surface area (TPSA) is 82.6 Å². The predicted octanol–water partition coefficient (Wildman–Crippen LogP) is 0.720. The summed E-state index contributed by atoms with van der Waals surface area (Å²) in [7, 11) is 0. The lowest BCUT2D eigenvalue weighted by Gasteiger charge is -2.38. The Morgan fingerprint density at radius 1 is 1.16 bits per heavy atom. The zero-order chi connectivity index (χ0) is 17.4. The molecule has 8 heteroatoms. The van der Waals surface area contributed by atoms with E-state index < -0.39 is 6.09 Å². The number of benzene rings is 1. The van der Waals surface area contributed by atoms with Crippen molar-refractivity contribution in [3.63, 3.8) is 0 Å². The van der Waals surface area contributed by atoms with Crippen molar-refractivity contribution in [1.82, 2.24) is 9.80 Å². The van der Waals surface area contributed by atoms with Crippen molar-refractivity contribution in [3.05, 3.63) is 23.8 Å². The van der Waals surface area contributed by atoms with Gasteiger partial charge in [-0.05, 0) is 18.2 Å². The fourth-order valence-corrected chi connectivity index (χ4v) is 3.61. The van der Waals surface area contributed by atoms with Crippen molar-refractivity contribution in [2.75, 3.05) is 57.4 Å². The normalized spacial score (nSPS) is 23.4. The molecular formula is C17H21N3O5. The van der Waals surface area contributed by atoms with Gasteiger partial charge in [0.25, 0.3) is 5.91 Å². The van der Waals surface area contributed by atoms with E-state index in [1.165, 1.54) is 4.90 Å². The first-order chi connectivity index (χ1) is 12.1. The first-order valence-corrected chi connectivity index (χ1v) is 8.52. The molecule has 2 fully saturated rings. The molecule has 3 aliphatic rings. The van der Waals surface area contributed by atoms with Crippen molar-refractivity contribution in [2.24, 2.45) is 0 Å². The van der Waals surface area contributed by atoms with Gasteiger partial charge in [-0.3, -0.25) is 4.79 Å². The number of ether oxygens (including phenoxy) is 2.